The Balaban J connectivity index is 2.14. The molecule has 0 aliphatic heterocycles. The fourth-order valence-electron chi connectivity index (χ4n) is 2.35. The number of hydrogen-bond acceptors (Lipinski definition) is 2. The van der Waals surface area contributed by atoms with Crippen molar-refractivity contribution >= 4 is 27.5 Å². The first-order valence-corrected chi connectivity index (χ1v) is 7.13. The molecule has 1 atom stereocenters. The third kappa shape index (κ3) is 2.86. The molecule has 0 saturated heterocycles. The van der Waals surface area contributed by atoms with E-state index < -0.39 is 5.54 Å². The number of hydrogen-bond donors (Lipinski definition) is 2. The van der Waals surface area contributed by atoms with E-state index in [-0.39, 0.29) is 5.91 Å². The van der Waals surface area contributed by atoms with E-state index in [9.17, 15) is 4.79 Å². The maximum absolute atomic E-state index is 11.8. The van der Waals surface area contributed by atoms with Crippen LogP contribution in [0, 0.1) is 5.92 Å². The van der Waals surface area contributed by atoms with Gasteiger partial charge in [-0.3, -0.25) is 4.79 Å². The fourth-order valence-corrected chi connectivity index (χ4v) is 2.73. The molecule has 0 heterocycles. The van der Waals surface area contributed by atoms with Gasteiger partial charge in [-0.15, -0.1) is 0 Å². The molecule has 1 saturated carbocycles. The van der Waals surface area contributed by atoms with Crippen molar-refractivity contribution in [3.05, 3.63) is 28.7 Å². The van der Waals surface area contributed by atoms with Crippen molar-refractivity contribution in [2.75, 3.05) is 5.32 Å². The molecule has 3 N–H and O–H groups in total. The Kier molecular flexibility index (Phi) is 3.95. The number of nitrogens with one attached hydrogen (secondary N) is 1. The van der Waals surface area contributed by atoms with Gasteiger partial charge in [0.2, 0.25) is 5.91 Å². The van der Waals surface area contributed by atoms with Crippen LogP contribution in [0.1, 0.15) is 32.6 Å². The Morgan fingerprint density at radius 2 is 2.17 bits per heavy atom. The van der Waals surface area contributed by atoms with Gasteiger partial charge in [0.15, 0.2) is 0 Å². The lowest BCUT2D eigenvalue weighted by molar-refractivity contribution is -0.122. The van der Waals surface area contributed by atoms with Crippen LogP contribution >= 0.6 is 15.9 Å². The van der Waals surface area contributed by atoms with Crippen LogP contribution in [0.15, 0.2) is 28.7 Å². The number of para-hydroxylation sites is 1. The number of carbonyl (C=O) groups excluding carboxylic acids is 1. The summed E-state index contributed by atoms with van der Waals surface area (Å²) in [5.74, 6) is 0.336. The van der Waals surface area contributed by atoms with Crippen LogP contribution in [0.3, 0.4) is 0 Å². The lowest BCUT2D eigenvalue weighted by Gasteiger charge is -2.36. The highest BCUT2D eigenvalue weighted by molar-refractivity contribution is 9.10. The number of benzene rings is 1. The lowest BCUT2D eigenvalue weighted by atomic mass is 9.76. The molecule has 0 spiro atoms. The summed E-state index contributed by atoms with van der Waals surface area (Å²) in [4.78, 5) is 11.8. The zero-order chi connectivity index (χ0) is 13.2. The van der Waals surface area contributed by atoms with E-state index >= 15 is 0 Å². The molecule has 1 amide bonds. The van der Waals surface area contributed by atoms with Crippen molar-refractivity contribution in [2.45, 2.75) is 38.1 Å². The first-order chi connectivity index (χ1) is 8.51. The summed E-state index contributed by atoms with van der Waals surface area (Å²) >= 11 is 3.48. The minimum atomic E-state index is -0.672. The first-order valence-electron chi connectivity index (χ1n) is 6.34. The van der Waals surface area contributed by atoms with E-state index in [4.69, 9.17) is 5.73 Å². The van der Waals surface area contributed by atoms with Crippen LogP contribution in [0.5, 0.6) is 0 Å². The van der Waals surface area contributed by atoms with Crippen LogP contribution in [0.4, 0.5) is 5.69 Å². The molecule has 0 aromatic heterocycles. The summed E-state index contributed by atoms with van der Waals surface area (Å²) in [5.41, 5.74) is 5.82. The number of primary amides is 1. The average Bonchev–Trinajstić information content (AvgIpc) is 2.27. The zero-order valence-corrected chi connectivity index (χ0v) is 12.2. The minimum Gasteiger partial charge on any atom is -0.371 e. The summed E-state index contributed by atoms with van der Waals surface area (Å²) in [5, 5.41) is 3.30. The third-order valence-corrected chi connectivity index (χ3v) is 4.44. The molecule has 3 nitrogen and oxygen atoms in total. The van der Waals surface area contributed by atoms with Gasteiger partial charge in [0.25, 0.3) is 0 Å². The normalized spacial score (nSPS) is 18.8. The lowest BCUT2D eigenvalue weighted by Crippen LogP contribution is -2.49. The van der Waals surface area contributed by atoms with E-state index in [0.29, 0.717) is 5.92 Å². The molecule has 1 aromatic carbocycles. The molecule has 4 heteroatoms. The van der Waals surface area contributed by atoms with Crippen molar-refractivity contribution in [1.29, 1.82) is 0 Å². The summed E-state index contributed by atoms with van der Waals surface area (Å²) in [7, 11) is 0. The van der Waals surface area contributed by atoms with Crippen molar-refractivity contribution in [1.82, 2.24) is 0 Å². The second kappa shape index (κ2) is 5.31. The molecule has 18 heavy (non-hydrogen) atoms. The smallest absolute Gasteiger partial charge is 0.242 e. The Labute approximate surface area is 116 Å². The van der Waals surface area contributed by atoms with Gasteiger partial charge in [-0.1, -0.05) is 31.4 Å². The average molecular weight is 311 g/mol. The van der Waals surface area contributed by atoms with Crippen LogP contribution < -0.4 is 11.1 Å². The fraction of sp³-hybridized carbons (Fsp3) is 0.500. The Morgan fingerprint density at radius 1 is 1.50 bits per heavy atom. The highest BCUT2D eigenvalue weighted by atomic mass is 79.9. The highest BCUT2D eigenvalue weighted by Crippen LogP contribution is 2.36. The molecular weight excluding hydrogens is 292 g/mol. The molecule has 1 unspecified atom stereocenters. The van der Waals surface area contributed by atoms with Crippen molar-refractivity contribution in [3.8, 4) is 0 Å². The molecule has 1 aliphatic carbocycles. The molecule has 0 bridgehead atoms. The molecule has 1 aliphatic rings. The summed E-state index contributed by atoms with van der Waals surface area (Å²) in [6, 6.07) is 7.79. The maximum atomic E-state index is 11.8. The van der Waals surface area contributed by atoms with E-state index in [2.05, 4.69) is 21.2 Å². The number of anilines is 1. The highest BCUT2D eigenvalue weighted by Gasteiger charge is 2.36. The van der Waals surface area contributed by atoms with Crippen LogP contribution in [-0.2, 0) is 4.79 Å². The van der Waals surface area contributed by atoms with Crippen LogP contribution in [0.2, 0.25) is 0 Å². The van der Waals surface area contributed by atoms with Gasteiger partial charge in [0, 0.05) is 10.2 Å². The Morgan fingerprint density at radius 3 is 2.67 bits per heavy atom. The van der Waals surface area contributed by atoms with Gasteiger partial charge in [-0.2, -0.15) is 0 Å². The predicted molar refractivity (Wildman–Crippen MR) is 77.3 cm³/mol. The molecule has 98 valence electrons. The SMILES string of the molecule is CC(CC1CCC1)(Nc1ccccc1Br)C(N)=O. The molecule has 1 aromatic rings. The van der Waals surface area contributed by atoms with E-state index in [1.807, 2.05) is 31.2 Å². The van der Waals surface area contributed by atoms with Gasteiger partial charge in [0.1, 0.15) is 5.54 Å². The van der Waals surface area contributed by atoms with Crippen LogP contribution in [0.25, 0.3) is 0 Å². The Bertz CT molecular complexity index is 445. The van der Waals surface area contributed by atoms with E-state index in [1.54, 1.807) is 0 Å². The number of rotatable bonds is 5. The number of amides is 1. The topological polar surface area (TPSA) is 55.1 Å². The van der Waals surface area contributed by atoms with Gasteiger partial charge >= 0.3 is 0 Å². The van der Waals surface area contributed by atoms with E-state index in [1.165, 1.54) is 19.3 Å². The number of carbonyl (C=O) groups is 1. The second-order valence-corrected chi connectivity index (χ2v) is 6.16. The molecular formula is C14H19BrN2O. The van der Waals surface area contributed by atoms with Gasteiger partial charge in [-0.05, 0) is 47.3 Å². The molecule has 2 rings (SSSR count). The van der Waals surface area contributed by atoms with Gasteiger partial charge in [0.05, 0.1) is 0 Å². The molecule has 0 radical (unpaired) electrons. The summed E-state index contributed by atoms with van der Waals surface area (Å²) in [6.45, 7) is 1.90. The zero-order valence-electron chi connectivity index (χ0n) is 10.6. The maximum Gasteiger partial charge on any atom is 0.242 e. The van der Waals surface area contributed by atoms with Crippen molar-refractivity contribution in [3.63, 3.8) is 0 Å². The van der Waals surface area contributed by atoms with E-state index in [0.717, 1.165) is 16.6 Å². The van der Waals surface area contributed by atoms with Gasteiger partial charge in [-0.25, -0.2) is 0 Å². The monoisotopic (exact) mass is 310 g/mol. The predicted octanol–water partition coefficient (Wildman–Crippen LogP) is 3.30. The number of halogens is 1. The largest absolute Gasteiger partial charge is 0.371 e. The third-order valence-electron chi connectivity index (χ3n) is 3.75. The Hall–Kier alpha value is -1.03. The van der Waals surface area contributed by atoms with Gasteiger partial charge < -0.3 is 11.1 Å². The van der Waals surface area contributed by atoms with Crippen molar-refractivity contribution < 1.29 is 4.79 Å². The molecule has 1 fully saturated rings. The first kappa shape index (κ1) is 13.4. The van der Waals surface area contributed by atoms with Crippen molar-refractivity contribution in [2.24, 2.45) is 11.7 Å². The quantitative estimate of drug-likeness (QED) is 0.876. The standard InChI is InChI=1S/C14H19BrN2O/c1-14(13(16)18,9-10-5-4-6-10)17-12-8-3-2-7-11(12)15/h2-3,7-8,10,17H,4-6,9H2,1H3,(H2,16,18). The second-order valence-electron chi connectivity index (χ2n) is 5.30. The number of nitrogens with two attached hydrogens (primary N) is 1. The summed E-state index contributed by atoms with van der Waals surface area (Å²) in [6.07, 6.45) is 4.50. The summed E-state index contributed by atoms with van der Waals surface area (Å²) < 4.78 is 0.950. The minimum absolute atomic E-state index is 0.287. The van der Waals surface area contributed by atoms with Crippen LogP contribution in [-0.4, -0.2) is 11.4 Å².